The highest BCUT2D eigenvalue weighted by atomic mass is 16.7. The molecule has 0 aromatic heterocycles. The minimum absolute atomic E-state index is 0.243. The number of allylic oxidation sites excluding steroid dienone is 3. The number of unbranched alkanes of at least 4 members (excludes halogenated alkanes) is 43. The minimum atomic E-state index is -1.79. The third-order valence-corrected chi connectivity index (χ3v) is 17.4. The van der Waals surface area contributed by atoms with Gasteiger partial charge in [0, 0.05) is 6.42 Å². The average Bonchev–Trinajstić information content (AvgIpc) is 3.61. The molecule has 0 aliphatic carbocycles. The van der Waals surface area contributed by atoms with Gasteiger partial charge in [0.25, 0.3) is 0 Å². The lowest BCUT2D eigenvalue weighted by Crippen LogP contribution is -2.65. The van der Waals surface area contributed by atoms with Crippen molar-refractivity contribution in [2.75, 3.05) is 19.8 Å². The summed E-state index contributed by atoms with van der Waals surface area (Å²) in [4.78, 5) is 13.3. The Hall–Kier alpha value is -1.53. The zero-order valence-corrected chi connectivity index (χ0v) is 53.2. The van der Waals surface area contributed by atoms with Gasteiger partial charge in [-0.25, -0.2) is 0 Å². The summed E-state index contributed by atoms with van der Waals surface area (Å²) in [7, 11) is 0. The van der Waals surface area contributed by atoms with Gasteiger partial charge in [0.2, 0.25) is 5.91 Å². The number of carbonyl (C=O) groups is 1. The molecule has 0 saturated carbocycles. The number of rotatable bonds is 58. The lowest BCUT2D eigenvalue weighted by atomic mass is 9.97. The highest BCUT2D eigenvalue weighted by molar-refractivity contribution is 5.76. The fourth-order valence-corrected chi connectivity index (χ4v) is 11.8. The zero-order valence-electron chi connectivity index (χ0n) is 53.2. The van der Waals surface area contributed by atoms with Crippen molar-refractivity contribution in [1.29, 1.82) is 0 Å². The summed E-state index contributed by atoms with van der Waals surface area (Å²) < 4.78 is 22.8. The maximum Gasteiger partial charge on any atom is 0.220 e. The van der Waals surface area contributed by atoms with Crippen LogP contribution >= 0.6 is 0 Å². The second-order valence-electron chi connectivity index (χ2n) is 25.0. The Labute approximate surface area is 507 Å². The maximum absolute atomic E-state index is 13.3. The molecule has 0 aromatic carbocycles. The van der Waals surface area contributed by atoms with Crippen LogP contribution in [0, 0.1) is 0 Å². The first-order valence-corrected chi connectivity index (χ1v) is 35.1. The summed E-state index contributed by atoms with van der Waals surface area (Å²) in [6.07, 6.45) is 51.3. The van der Waals surface area contributed by atoms with Crippen molar-refractivity contribution in [3.8, 4) is 0 Å². The molecule has 2 fully saturated rings. The van der Waals surface area contributed by atoms with Gasteiger partial charge in [-0.15, -0.1) is 0 Å². The third kappa shape index (κ3) is 39.2. The molecule has 0 aromatic rings. The molecule has 83 heavy (non-hydrogen) atoms. The molecule has 2 aliphatic heterocycles. The number of nitrogens with one attached hydrogen (secondary N) is 1. The Bertz CT molecular complexity index is 1490. The van der Waals surface area contributed by atoms with Crippen molar-refractivity contribution in [2.45, 2.75) is 389 Å². The van der Waals surface area contributed by atoms with E-state index in [1.165, 1.54) is 250 Å². The van der Waals surface area contributed by atoms with Gasteiger partial charge < -0.3 is 65.1 Å². The Morgan fingerprint density at radius 2 is 0.771 bits per heavy atom. The Morgan fingerprint density at radius 3 is 1.18 bits per heavy atom. The van der Waals surface area contributed by atoms with Crippen molar-refractivity contribution in [2.24, 2.45) is 0 Å². The molecule has 12 atom stereocenters. The average molecular weight is 1180 g/mol. The number of aliphatic hydroxyl groups is 8. The first-order chi connectivity index (χ1) is 40.6. The van der Waals surface area contributed by atoms with Crippen LogP contribution in [0.1, 0.15) is 316 Å². The van der Waals surface area contributed by atoms with E-state index >= 15 is 0 Å². The summed E-state index contributed by atoms with van der Waals surface area (Å²) in [5.41, 5.74) is 0. The van der Waals surface area contributed by atoms with Gasteiger partial charge in [0.15, 0.2) is 12.6 Å². The normalized spacial score (nSPS) is 23.9. The van der Waals surface area contributed by atoms with Gasteiger partial charge in [-0.1, -0.05) is 301 Å². The summed E-state index contributed by atoms with van der Waals surface area (Å²) in [5, 5.41) is 87.2. The number of carbonyl (C=O) groups excluding carboxylic acids is 1. The van der Waals surface area contributed by atoms with E-state index in [9.17, 15) is 45.6 Å². The second kappa shape index (κ2) is 54.6. The Kier molecular flexibility index (Phi) is 51.0. The van der Waals surface area contributed by atoms with E-state index in [1.54, 1.807) is 6.08 Å². The molecule has 0 bridgehead atoms. The van der Waals surface area contributed by atoms with Crippen molar-refractivity contribution in [3.05, 3.63) is 24.3 Å². The maximum atomic E-state index is 13.3. The van der Waals surface area contributed by atoms with Gasteiger partial charge in [0.05, 0.1) is 32.0 Å². The molecule has 490 valence electrons. The van der Waals surface area contributed by atoms with Crippen LogP contribution in [-0.4, -0.2) is 140 Å². The molecule has 0 spiro atoms. The van der Waals surface area contributed by atoms with Crippen molar-refractivity contribution in [1.82, 2.24) is 5.32 Å². The standard InChI is InChI=1S/C69H131NO13/c1-3-5-7-9-11-13-15-17-19-20-21-22-23-24-25-26-27-28-29-30-31-32-33-34-35-36-37-38-39-41-43-45-47-49-51-53-61(74)70-57(58(73)52-50-48-46-44-42-40-18-16-14-12-10-8-6-4-2)56-80-68-66(79)64(77)67(60(55-72)82-68)83-69-65(78)63(76)62(75)59(54-71)81-69/h42,44,50,52,57-60,62-69,71-73,75-79H,3-41,43,45-49,51,53-56H2,1-2H3,(H,70,74)/b44-42+,52-50+. The highest BCUT2D eigenvalue weighted by Gasteiger charge is 2.51. The molecule has 0 radical (unpaired) electrons. The predicted molar refractivity (Wildman–Crippen MR) is 337 cm³/mol. The smallest absolute Gasteiger partial charge is 0.220 e. The van der Waals surface area contributed by atoms with Crippen LogP contribution in [0.3, 0.4) is 0 Å². The lowest BCUT2D eigenvalue weighted by molar-refractivity contribution is -0.359. The molecule has 2 saturated heterocycles. The quantitative estimate of drug-likeness (QED) is 0.0204. The largest absolute Gasteiger partial charge is 0.394 e. The van der Waals surface area contributed by atoms with E-state index < -0.39 is 86.8 Å². The van der Waals surface area contributed by atoms with E-state index in [0.717, 1.165) is 32.1 Å². The van der Waals surface area contributed by atoms with Gasteiger partial charge >= 0.3 is 0 Å². The van der Waals surface area contributed by atoms with Gasteiger partial charge in [-0.2, -0.15) is 0 Å². The lowest BCUT2D eigenvalue weighted by Gasteiger charge is -2.46. The van der Waals surface area contributed by atoms with Crippen LogP contribution in [0.5, 0.6) is 0 Å². The van der Waals surface area contributed by atoms with E-state index in [1.807, 2.05) is 6.08 Å². The van der Waals surface area contributed by atoms with Crippen molar-refractivity contribution < 1.29 is 64.6 Å². The zero-order chi connectivity index (χ0) is 60.2. The number of ether oxygens (including phenoxy) is 4. The Balaban J connectivity index is 1.59. The van der Waals surface area contributed by atoms with E-state index in [0.29, 0.717) is 12.8 Å². The van der Waals surface area contributed by atoms with Gasteiger partial charge in [-0.3, -0.25) is 4.79 Å². The molecule has 9 N–H and O–H groups in total. The first kappa shape index (κ1) is 77.6. The van der Waals surface area contributed by atoms with Crippen molar-refractivity contribution in [3.63, 3.8) is 0 Å². The topological polar surface area (TPSA) is 228 Å². The number of amides is 1. The van der Waals surface area contributed by atoms with Gasteiger partial charge in [-0.05, 0) is 32.1 Å². The highest BCUT2D eigenvalue weighted by Crippen LogP contribution is 2.30. The van der Waals surface area contributed by atoms with Crippen LogP contribution in [0.4, 0.5) is 0 Å². The monoisotopic (exact) mass is 1180 g/mol. The second-order valence-corrected chi connectivity index (χ2v) is 25.0. The molecule has 12 unspecified atom stereocenters. The molecule has 14 nitrogen and oxygen atoms in total. The SMILES string of the molecule is CCCCCCCCCC/C=C/CC/C=C/C(O)C(COC1OC(CO)C(OC2OC(CO)C(O)C(O)C2O)C(O)C1O)NC(=O)CCCCCCCCCCCCCCCCCCCCCCCCCCCCCCCCCCCCC. The van der Waals surface area contributed by atoms with E-state index in [-0.39, 0.29) is 18.9 Å². The molecule has 2 rings (SSSR count). The van der Waals surface area contributed by atoms with Crippen LogP contribution in [0.25, 0.3) is 0 Å². The fraction of sp³-hybridized carbons (Fsp3) is 0.928. The minimum Gasteiger partial charge on any atom is -0.394 e. The molecule has 14 heteroatoms. The van der Waals surface area contributed by atoms with E-state index in [2.05, 4.69) is 31.3 Å². The molecule has 1 amide bonds. The summed E-state index contributed by atoms with van der Waals surface area (Å²) >= 11 is 0. The van der Waals surface area contributed by atoms with Crippen LogP contribution < -0.4 is 5.32 Å². The van der Waals surface area contributed by atoms with Crippen molar-refractivity contribution >= 4 is 5.91 Å². The number of hydrogen-bond donors (Lipinski definition) is 9. The molecular weight excluding hydrogens is 1050 g/mol. The Morgan fingerprint density at radius 1 is 0.422 bits per heavy atom. The summed E-state index contributed by atoms with van der Waals surface area (Å²) in [6, 6.07) is -0.928. The van der Waals surface area contributed by atoms with Crippen LogP contribution in [0.15, 0.2) is 24.3 Å². The first-order valence-electron chi connectivity index (χ1n) is 35.1. The predicted octanol–water partition coefficient (Wildman–Crippen LogP) is 14.0. The summed E-state index contributed by atoms with van der Waals surface area (Å²) in [6.45, 7) is 2.81. The summed E-state index contributed by atoms with van der Waals surface area (Å²) in [5.74, 6) is -0.243. The van der Waals surface area contributed by atoms with Crippen LogP contribution in [0.2, 0.25) is 0 Å². The number of aliphatic hydroxyl groups excluding tert-OH is 8. The van der Waals surface area contributed by atoms with E-state index in [4.69, 9.17) is 18.9 Å². The molecular formula is C69H131NO13. The third-order valence-electron chi connectivity index (χ3n) is 17.4. The fourth-order valence-electron chi connectivity index (χ4n) is 11.8. The molecule has 2 aliphatic rings. The van der Waals surface area contributed by atoms with Gasteiger partial charge in [0.1, 0.15) is 48.8 Å². The van der Waals surface area contributed by atoms with Crippen LogP contribution in [-0.2, 0) is 23.7 Å². The number of hydrogen-bond acceptors (Lipinski definition) is 13. The molecule has 2 heterocycles.